The maximum absolute atomic E-state index is 13.0. The van der Waals surface area contributed by atoms with E-state index in [2.05, 4.69) is 29.4 Å². The van der Waals surface area contributed by atoms with Crippen molar-refractivity contribution in [1.82, 2.24) is 20.3 Å². The van der Waals surface area contributed by atoms with Gasteiger partial charge in [-0.05, 0) is 17.7 Å². The fourth-order valence-electron chi connectivity index (χ4n) is 2.45. The largest absolute Gasteiger partial charge is 0.309 e. The maximum atomic E-state index is 13.0. The molecule has 124 valence electrons. The predicted molar refractivity (Wildman–Crippen MR) is 92.9 cm³/mol. The Bertz CT molecular complexity index is 779. The van der Waals surface area contributed by atoms with Crippen molar-refractivity contribution >= 4 is 0 Å². The summed E-state index contributed by atoms with van der Waals surface area (Å²) in [7, 11) is 0. The highest BCUT2D eigenvalue weighted by Crippen LogP contribution is 2.20. The van der Waals surface area contributed by atoms with E-state index in [4.69, 9.17) is 0 Å². The van der Waals surface area contributed by atoms with Crippen molar-refractivity contribution in [2.45, 2.75) is 33.0 Å². The minimum absolute atomic E-state index is 0.237. The van der Waals surface area contributed by atoms with Gasteiger partial charge in [0.15, 0.2) is 0 Å². The van der Waals surface area contributed by atoms with Crippen LogP contribution in [0.4, 0.5) is 4.39 Å². The number of nitrogens with zero attached hydrogens (tertiary/aromatic N) is 3. The lowest BCUT2D eigenvalue weighted by atomic mass is 10.1. The molecule has 3 rings (SSSR count). The summed E-state index contributed by atoms with van der Waals surface area (Å²) in [5, 5.41) is 12.7. The molecule has 1 heterocycles. The smallest absolute Gasteiger partial charge is 0.123 e. The molecule has 0 amide bonds. The van der Waals surface area contributed by atoms with Gasteiger partial charge in [-0.3, -0.25) is 0 Å². The van der Waals surface area contributed by atoms with Crippen LogP contribution in [0.5, 0.6) is 0 Å². The van der Waals surface area contributed by atoms with E-state index in [0.29, 0.717) is 19.1 Å². The van der Waals surface area contributed by atoms with Gasteiger partial charge in [0, 0.05) is 18.2 Å². The van der Waals surface area contributed by atoms with Crippen molar-refractivity contribution in [3.63, 3.8) is 0 Å². The molecule has 1 aromatic heterocycles. The van der Waals surface area contributed by atoms with Crippen LogP contribution in [-0.4, -0.2) is 21.0 Å². The van der Waals surface area contributed by atoms with Crippen LogP contribution in [0.3, 0.4) is 0 Å². The topological polar surface area (TPSA) is 42.7 Å². The average Bonchev–Trinajstić information content (AvgIpc) is 2.99. The minimum atomic E-state index is -0.237. The third kappa shape index (κ3) is 4.06. The lowest BCUT2D eigenvalue weighted by Crippen LogP contribution is -2.22. The molecule has 24 heavy (non-hydrogen) atoms. The van der Waals surface area contributed by atoms with Gasteiger partial charge in [0.25, 0.3) is 0 Å². The molecule has 0 atom stereocenters. The first kappa shape index (κ1) is 16.3. The summed E-state index contributed by atoms with van der Waals surface area (Å²) in [5.41, 5.74) is 3.81. The van der Waals surface area contributed by atoms with Crippen molar-refractivity contribution in [3.05, 3.63) is 71.7 Å². The number of nitrogens with one attached hydrogen (secondary N) is 1. The summed E-state index contributed by atoms with van der Waals surface area (Å²) in [5.74, 6) is -0.237. The second kappa shape index (κ2) is 7.36. The van der Waals surface area contributed by atoms with E-state index in [-0.39, 0.29) is 5.82 Å². The van der Waals surface area contributed by atoms with Crippen LogP contribution >= 0.6 is 0 Å². The van der Waals surface area contributed by atoms with Gasteiger partial charge >= 0.3 is 0 Å². The second-order valence-corrected chi connectivity index (χ2v) is 6.05. The van der Waals surface area contributed by atoms with Gasteiger partial charge in [-0.2, -0.15) is 15.0 Å². The van der Waals surface area contributed by atoms with Crippen LogP contribution in [0.15, 0.2) is 54.6 Å². The Kier molecular flexibility index (Phi) is 5.01. The lowest BCUT2D eigenvalue weighted by Gasteiger charge is -2.06. The molecule has 0 aliphatic carbocycles. The van der Waals surface area contributed by atoms with Gasteiger partial charge in [0.2, 0.25) is 0 Å². The zero-order chi connectivity index (χ0) is 16.9. The fourth-order valence-corrected chi connectivity index (χ4v) is 2.45. The molecule has 1 N–H and O–H groups in total. The summed E-state index contributed by atoms with van der Waals surface area (Å²) in [6, 6.07) is 16.8. The Labute approximate surface area is 141 Å². The minimum Gasteiger partial charge on any atom is -0.309 e. The molecule has 3 aromatic rings. The first-order valence-corrected chi connectivity index (χ1v) is 8.09. The molecule has 0 fully saturated rings. The van der Waals surface area contributed by atoms with Crippen LogP contribution in [-0.2, 0) is 13.1 Å². The third-order valence-corrected chi connectivity index (χ3v) is 3.69. The van der Waals surface area contributed by atoms with Crippen LogP contribution in [0, 0.1) is 5.82 Å². The summed E-state index contributed by atoms with van der Waals surface area (Å²) < 4.78 is 13.0. The number of halogens is 1. The number of hydrogen-bond acceptors (Lipinski definition) is 3. The quantitative estimate of drug-likeness (QED) is 0.753. The standard InChI is InChI=1S/C19H21FN4/c1-14(2)21-12-18-19(16-6-4-3-5-7-16)23-24(22-18)13-15-8-10-17(20)11-9-15/h3-11,14,21H,12-13H2,1-2H3. The number of hydrogen-bond donors (Lipinski definition) is 1. The molecule has 0 saturated heterocycles. The Morgan fingerprint density at radius 3 is 2.38 bits per heavy atom. The second-order valence-electron chi connectivity index (χ2n) is 6.05. The zero-order valence-corrected chi connectivity index (χ0v) is 13.9. The van der Waals surface area contributed by atoms with E-state index in [1.165, 1.54) is 12.1 Å². The molecular weight excluding hydrogens is 303 g/mol. The molecule has 0 saturated carbocycles. The van der Waals surface area contributed by atoms with Crippen molar-refractivity contribution in [3.8, 4) is 11.3 Å². The third-order valence-electron chi connectivity index (χ3n) is 3.69. The van der Waals surface area contributed by atoms with E-state index in [1.807, 2.05) is 30.3 Å². The van der Waals surface area contributed by atoms with Gasteiger partial charge in [0.05, 0.1) is 6.54 Å². The molecule has 2 aromatic carbocycles. The van der Waals surface area contributed by atoms with Gasteiger partial charge in [-0.15, -0.1) is 0 Å². The Morgan fingerprint density at radius 2 is 1.71 bits per heavy atom. The molecule has 0 aliphatic rings. The van der Waals surface area contributed by atoms with Crippen molar-refractivity contribution < 1.29 is 4.39 Å². The van der Waals surface area contributed by atoms with Crippen molar-refractivity contribution in [1.29, 1.82) is 0 Å². The first-order valence-electron chi connectivity index (χ1n) is 8.09. The summed E-state index contributed by atoms with van der Waals surface area (Å²) in [6.45, 7) is 5.38. The van der Waals surface area contributed by atoms with E-state index in [9.17, 15) is 4.39 Å². The SMILES string of the molecule is CC(C)NCc1nn(Cc2ccc(F)cc2)nc1-c1ccccc1. The summed E-state index contributed by atoms with van der Waals surface area (Å²) >= 11 is 0. The molecule has 4 nitrogen and oxygen atoms in total. The zero-order valence-electron chi connectivity index (χ0n) is 13.9. The summed E-state index contributed by atoms with van der Waals surface area (Å²) in [6.07, 6.45) is 0. The molecular formula is C19H21FN4. The van der Waals surface area contributed by atoms with Crippen molar-refractivity contribution in [2.24, 2.45) is 0 Å². The fraction of sp³-hybridized carbons (Fsp3) is 0.263. The highest BCUT2D eigenvalue weighted by atomic mass is 19.1. The highest BCUT2D eigenvalue weighted by molar-refractivity contribution is 5.60. The Balaban J connectivity index is 1.88. The maximum Gasteiger partial charge on any atom is 0.123 e. The normalized spacial score (nSPS) is 11.2. The molecule has 0 radical (unpaired) electrons. The monoisotopic (exact) mass is 324 g/mol. The Morgan fingerprint density at radius 1 is 1.00 bits per heavy atom. The van der Waals surface area contributed by atoms with Gasteiger partial charge in [-0.25, -0.2) is 4.39 Å². The molecule has 5 heteroatoms. The average molecular weight is 324 g/mol. The van der Waals surface area contributed by atoms with E-state index in [0.717, 1.165) is 22.5 Å². The molecule has 0 bridgehead atoms. The van der Waals surface area contributed by atoms with E-state index >= 15 is 0 Å². The number of aromatic nitrogens is 3. The van der Waals surface area contributed by atoms with Crippen molar-refractivity contribution in [2.75, 3.05) is 0 Å². The van der Waals surface area contributed by atoms with E-state index in [1.54, 1.807) is 16.9 Å². The van der Waals surface area contributed by atoms with Gasteiger partial charge < -0.3 is 5.32 Å². The lowest BCUT2D eigenvalue weighted by molar-refractivity contribution is 0.553. The Hall–Kier alpha value is -2.53. The molecule has 0 unspecified atom stereocenters. The summed E-state index contributed by atoms with van der Waals surface area (Å²) in [4.78, 5) is 1.67. The number of benzene rings is 2. The number of rotatable bonds is 6. The van der Waals surface area contributed by atoms with E-state index < -0.39 is 0 Å². The van der Waals surface area contributed by atoms with Crippen LogP contribution in [0.2, 0.25) is 0 Å². The van der Waals surface area contributed by atoms with Gasteiger partial charge in [0.1, 0.15) is 17.2 Å². The molecule has 0 spiro atoms. The molecule has 0 aliphatic heterocycles. The van der Waals surface area contributed by atoms with Crippen LogP contribution < -0.4 is 5.32 Å². The van der Waals surface area contributed by atoms with Gasteiger partial charge in [-0.1, -0.05) is 56.3 Å². The van der Waals surface area contributed by atoms with Crippen LogP contribution in [0.1, 0.15) is 25.1 Å². The first-order chi connectivity index (χ1) is 11.6. The van der Waals surface area contributed by atoms with Crippen LogP contribution in [0.25, 0.3) is 11.3 Å². The predicted octanol–water partition coefficient (Wildman–Crippen LogP) is 3.63. The highest BCUT2D eigenvalue weighted by Gasteiger charge is 2.13.